The van der Waals surface area contributed by atoms with Crippen LogP contribution in [-0.2, 0) is 16.6 Å². The van der Waals surface area contributed by atoms with E-state index in [4.69, 9.17) is 4.74 Å². The van der Waals surface area contributed by atoms with Gasteiger partial charge in [-0.2, -0.15) is 5.10 Å². The van der Waals surface area contributed by atoms with Gasteiger partial charge in [-0.3, -0.25) is 14.5 Å². The van der Waals surface area contributed by atoms with Crippen LogP contribution in [0.3, 0.4) is 0 Å². The Morgan fingerprint density at radius 1 is 1.44 bits per heavy atom. The highest BCUT2D eigenvalue weighted by Gasteiger charge is 2.28. The summed E-state index contributed by atoms with van der Waals surface area (Å²) in [5.74, 6) is 0.799. The lowest BCUT2D eigenvalue weighted by Gasteiger charge is -2.35. The van der Waals surface area contributed by atoms with E-state index in [2.05, 4.69) is 15.4 Å². The maximum atomic E-state index is 12.5. The van der Waals surface area contributed by atoms with E-state index in [-0.39, 0.29) is 35.5 Å². The number of hydrogen-bond acceptors (Lipinski definition) is 4. The zero-order valence-corrected chi connectivity index (χ0v) is 18.0. The summed E-state index contributed by atoms with van der Waals surface area (Å²) in [5, 5.41) is 7.40. The SMILES string of the molecule is CCNC(=NCC(C)(C)OC)N1CCN(c2cnn(C)c2)C(=O)C1.I. The van der Waals surface area contributed by atoms with Crippen molar-refractivity contribution in [2.45, 2.75) is 26.4 Å². The monoisotopic (exact) mass is 464 g/mol. The lowest BCUT2D eigenvalue weighted by atomic mass is 10.1. The van der Waals surface area contributed by atoms with E-state index < -0.39 is 0 Å². The number of amides is 1. The maximum Gasteiger partial charge on any atom is 0.246 e. The number of aliphatic imine (C=N–C) groups is 1. The molecule has 9 heteroatoms. The molecule has 2 heterocycles. The van der Waals surface area contributed by atoms with Crippen molar-refractivity contribution in [2.24, 2.45) is 12.0 Å². The van der Waals surface area contributed by atoms with E-state index in [1.54, 1.807) is 22.9 Å². The summed E-state index contributed by atoms with van der Waals surface area (Å²) < 4.78 is 7.12. The fraction of sp³-hybridized carbons (Fsp3) is 0.688. The van der Waals surface area contributed by atoms with Crippen molar-refractivity contribution < 1.29 is 9.53 Å². The molecule has 8 nitrogen and oxygen atoms in total. The molecule has 1 aliphatic rings. The number of methoxy groups -OCH3 is 1. The second-order valence-electron chi connectivity index (χ2n) is 6.47. The molecule has 2 rings (SSSR count). The van der Waals surface area contributed by atoms with E-state index >= 15 is 0 Å². The molecule has 0 atom stereocenters. The first kappa shape index (κ1) is 21.7. The Bertz CT molecular complexity index is 601. The quantitative estimate of drug-likeness (QED) is 0.401. The summed E-state index contributed by atoms with van der Waals surface area (Å²) in [7, 11) is 3.52. The van der Waals surface area contributed by atoms with Crippen molar-refractivity contribution in [2.75, 3.05) is 44.7 Å². The van der Waals surface area contributed by atoms with Gasteiger partial charge in [0.25, 0.3) is 0 Å². The molecule has 1 N–H and O–H groups in total. The van der Waals surface area contributed by atoms with Crippen LogP contribution in [0.1, 0.15) is 20.8 Å². The molecule has 25 heavy (non-hydrogen) atoms. The number of rotatable bonds is 5. The fourth-order valence-corrected chi connectivity index (χ4v) is 2.43. The zero-order valence-electron chi connectivity index (χ0n) is 15.7. The van der Waals surface area contributed by atoms with E-state index in [0.29, 0.717) is 19.6 Å². The number of aryl methyl sites for hydroxylation is 1. The smallest absolute Gasteiger partial charge is 0.246 e. The van der Waals surface area contributed by atoms with Crippen LogP contribution >= 0.6 is 24.0 Å². The van der Waals surface area contributed by atoms with Gasteiger partial charge < -0.3 is 19.9 Å². The van der Waals surface area contributed by atoms with Gasteiger partial charge in [0.1, 0.15) is 6.54 Å². The normalized spacial score (nSPS) is 16.0. The van der Waals surface area contributed by atoms with Gasteiger partial charge in [-0.15, -0.1) is 24.0 Å². The molecule has 0 aliphatic carbocycles. The molecule has 0 bridgehead atoms. The number of nitrogens with one attached hydrogen (secondary N) is 1. The minimum absolute atomic E-state index is 0. The van der Waals surface area contributed by atoms with Crippen molar-refractivity contribution >= 4 is 41.5 Å². The Balaban J connectivity index is 0.00000312. The molecule has 1 amide bonds. The predicted molar refractivity (Wildman–Crippen MR) is 110 cm³/mol. The number of piperazine rings is 1. The Morgan fingerprint density at radius 2 is 2.16 bits per heavy atom. The largest absolute Gasteiger partial charge is 0.377 e. The van der Waals surface area contributed by atoms with E-state index in [9.17, 15) is 4.79 Å². The number of aromatic nitrogens is 2. The Hall–Kier alpha value is -1.36. The third-order valence-electron chi connectivity index (χ3n) is 4.02. The van der Waals surface area contributed by atoms with Gasteiger partial charge in [0, 0.05) is 40.0 Å². The maximum absolute atomic E-state index is 12.5. The van der Waals surface area contributed by atoms with Gasteiger partial charge in [-0.25, -0.2) is 0 Å². The highest BCUT2D eigenvalue weighted by atomic mass is 127. The summed E-state index contributed by atoms with van der Waals surface area (Å²) in [6.07, 6.45) is 3.57. The number of ether oxygens (including phenoxy) is 1. The molecule has 1 fully saturated rings. The number of halogens is 1. The number of hydrogen-bond donors (Lipinski definition) is 1. The van der Waals surface area contributed by atoms with Gasteiger partial charge >= 0.3 is 0 Å². The zero-order chi connectivity index (χ0) is 17.7. The number of anilines is 1. The number of guanidine groups is 1. The highest BCUT2D eigenvalue weighted by Crippen LogP contribution is 2.16. The summed E-state index contributed by atoms with van der Waals surface area (Å²) in [5.41, 5.74) is 0.506. The highest BCUT2D eigenvalue weighted by molar-refractivity contribution is 14.0. The lowest BCUT2D eigenvalue weighted by Crippen LogP contribution is -2.55. The minimum Gasteiger partial charge on any atom is -0.377 e. The van der Waals surface area contributed by atoms with Crippen LogP contribution in [0.4, 0.5) is 5.69 Å². The third-order valence-corrected chi connectivity index (χ3v) is 4.02. The molecule has 1 aromatic rings. The molecule has 1 aliphatic heterocycles. The van der Waals surface area contributed by atoms with Crippen LogP contribution < -0.4 is 10.2 Å². The second kappa shape index (κ2) is 9.37. The summed E-state index contributed by atoms with van der Waals surface area (Å²) in [6, 6.07) is 0. The average molecular weight is 464 g/mol. The minimum atomic E-state index is -0.331. The molecule has 0 spiro atoms. The van der Waals surface area contributed by atoms with Gasteiger partial charge in [0.05, 0.1) is 24.0 Å². The molecule has 1 aromatic heterocycles. The molecule has 142 valence electrons. The molecule has 1 saturated heterocycles. The van der Waals surface area contributed by atoms with E-state index in [0.717, 1.165) is 24.7 Å². The van der Waals surface area contributed by atoms with Crippen molar-refractivity contribution in [1.82, 2.24) is 20.0 Å². The topological polar surface area (TPSA) is 75.0 Å². The summed E-state index contributed by atoms with van der Waals surface area (Å²) in [4.78, 5) is 20.9. The predicted octanol–water partition coefficient (Wildman–Crippen LogP) is 1.08. The molecule has 0 radical (unpaired) electrons. The molecule has 0 aromatic carbocycles. The number of nitrogens with zero attached hydrogens (tertiary/aromatic N) is 5. The van der Waals surface area contributed by atoms with Crippen LogP contribution in [0, 0.1) is 0 Å². The average Bonchev–Trinajstić information content (AvgIpc) is 2.97. The molecular formula is C16H29IN6O2. The number of carbonyl (C=O) groups excluding carboxylic acids is 1. The second-order valence-corrected chi connectivity index (χ2v) is 6.47. The van der Waals surface area contributed by atoms with Crippen molar-refractivity contribution in [3.8, 4) is 0 Å². The van der Waals surface area contributed by atoms with E-state index in [1.165, 1.54) is 0 Å². The van der Waals surface area contributed by atoms with Gasteiger partial charge in [-0.05, 0) is 20.8 Å². The van der Waals surface area contributed by atoms with Crippen LogP contribution in [0.25, 0.3) is 0 Å². The first-order valence-electron chi connectivity index (χ1n) is 8.23. The fourth-order valence-electron chi connectivity index (χ4n) is 2.43. The first-order chi connectivity index (χ1) is 11.4. The molecule has 0 saturated carbocycles. The van der Waals surface area contributed by atoms with Crippen molar-refractivity contribution in [1.29, 1.82) is 0 Å². The van der Waals surface area contributed by atoms with Gasteiger partial charge in [0.15, 0.2) is 5.96 Å². The Labute approximate surface area is 166 Å². The van der Waals surface area contributed by atoms with Crippen LogP contribution in [0.15, 0.2) is 17.4 Å². The Kier molecular flexibility index (Phi) is 8.13. The Morgan fingerprint density at radius 3 is 2.68 bits per heavy atom. The van der Waals surface area contributed by atoms with Gasteiger partial charge in [0.2, 0.25) is 5.91 Å². The van der Waals surface area contributed by atoms with Crippen molar-refractivity contribution in [3.05, 3.63) is 12.4 Å². The standard InChI is InChI=1S/C16H28N6O2.HI/c1-6-17-15(18-12-16(2,3)24-5)21-7-8-22(14(23)11-21)13-9-19-20(4)10-13;/h9-10H,6-8,11-12H2,1-5H3,(H,17,18);1H. The van der Waals surface area contributed by atoms with E-state index in [1.807, 2.05) is 38.9 Å². The van der Waals surface area contributed by atoms with Crippen LogP contribution in [-0.4, -0.2) is 72.0 Å². The van der Waals surface area contributed by atoms with Crippen LogP contribution in [0.5, 0.6) is 0 Å². The van der Waals surface area contributed by atoms with Crippen LogP contribution in [0.2, 0.25) is 0 Å². The first-order valence-corrected chi connectivity index (χ1v) is 8.23. The van der Waals surface area contributed by atoms with Gasteiger partial charge in [-0.1, -0.05) is 0 Å². The van der Waals surface area contributed by atoms with Crippen molar-refractivity contribution in [3.63, 3.8) is 0 Å². The third kappa shape index (κ3) is 5.84. The molecular weight excluding hydrogens is 435 g/mol. The molecule has 0 unspecified atom stereocenters. The summed E-state index contributed by atoms with van der Waals surface area (Å²) >= 11 is 0. The summed E-state index contributed by atoms with van der Waals surface area (Å²) in [6.45, 7) is 8.92. The lowest BCUT2D eigenvalue weighted by molar-refractivity contribution is -0.120. The number of carbonyl (C=O) groups is 1.